The Labute approximate surface area is 202 Å². The molecular weight excluding hydrogens is 501 g/mol. The molecule has 0 atom stereocenters. The number of hydrogen-bond acceptors (Lipinski definition) is 5. The standard InChI is InChI=1S/C20H14Cl3N3O3S2/c1-9(13-8-31-18(17(13)27)10-2-5-14(21)16(23)6-10)25-26-20(30)24-11-3-4-12(19(28)29)15(22)7-11/h2-8,27H,1H3,(H,28,29)(H2,24,26,30). The maximum Gasteiger partial charge on any atom is 0.337 e. The Morgan fingerprint density at radius 3 is 2.45 bits per heavy atom. The molecule has 0 unspecified atom stereocenters. The van der Waals surface area contributed by atoms with E-state index in [4.69, 9.17) is 52.1 Å². The quantitative estimate of drug-likeness (QED) is 0.177. The number of anilines is 1. The summed E-state index contributed by atoms with van der Waals surface area (Å²) in [6.45, 7) is 1.72. The summed E-state index contributed by atoms with van der Waals surface area (Å²) in [6, 6.07) is 9.48. The largest absolute Gasteiger partial charge is 0.506 e. The second-order valence-electron chi connectivity index (χ2n) is 6.22. The fourth-order valence-corrected chi connectivity index (χ4v) is 4.30. The fourth-order valence-electron chi connectivity index (χ4n) is 2.57. The van der Waals surface area contributed by atoms with E-state index in [-0.39, 0.29) is 21.4 Å². The Morgan fingerprint density at radius 1 is 1.06 bits per heavy atom. The minimum atomic E-state index is -1.12. The molecule has 0 aliphatic carbocycles. The van der Waals surface area contributed by atoms with Crippen LogP contribution in [0.2, 0.25) is 15.1 Å². The zero-order chi connectivity index (χ0) is 22.7. The molecule has 0 bridgehead atoms. The van der Waals surface area contributed by atoms with Crippen LogP contribution in [0, 0.1) is 0 Å². The number of halogens is 3. The molecule has 0 spiro atoms. The number of benzene rings is 2. The second kappa shape index (κ2) is 9.84. The molecular formula is C20H14Cl3N3O3S2. The van der Waals surface area contributed by atoms with E-state index in [9.17, 15) is 9.90 Å². The van der Waals surface area contributed by atoms with Crippen LogP contribution in [-0.4, -0.2) is 27.0 Å². The van der Waals surface area contributed by atoms with E-state index in [1.54, 1.807) is 30.5 Å². The van der Waals surface area contributed by atoms with Crippen molar-refractivity contribution in [2.45, 2.75) is 6.92 Å². The number of aromatic hydroxyl groups is 1. The van der Waals surface area contributed by atoms with Crippen molar-refractivity contribution in [2.24, 2.45) is 5.10 Å². The number of aromatic carboxylic acids is 1. The van der Waals surface area contributed by atoms with Crippen molar-refractivity contribution in [3.8, 4) is 16.2 Å². The summed E-state index contributed by atoms with van der Waals surface area (Å²) in [5, 5.41) is 29.6. The molecule has 6 nitrogen and oxygen atoms in total. The van der Waals surface area contributed by atoms with Gasteiger partial charge >= 0.3 is 5.97 Å². The average molecular weight is 515 g/mol. The molecule has 0 saturated carbocycles. The number of nitrogens with one attached hydrogen (secondary N) is 2. The number of hydrogen-bond donors (Lipinski definition) is 4. The molecule has 0 fully saturated rings. The van der Waals surface area contributed by atoms with Crippen molar-refractivity contribution >= 4 is 80.8 Å². The minimum absolute atomic E-state index is 0.00864. The van der Waals surface area contributed by atoms with E-state index in [1.807, 2.05) is 0 Å². The van der Waals surface area contributed by atoms with Crippen molar-refractivity contribution in [2.75, 3.05) is 5.32 Å². The van der Waals surface area contributed by atoms with Crippen molar-refractivity contribution in [3.05, 3.63) is 68.0 Å². The van der Waals surface area contributed by atoms with Gasteiger partial charge in [-0.15, -0.1) is 11.3 Å². The van der Waals surface area contributed by atoms with E-state index in [2.05, 4.69) is 15.8 Å². The lowest BCUT2D eigenvalue weighted by molar-refractivity contribution is 0.0697. The van der Waals surface area contributed by atoms with E-state index < -0.39 is 5.97 Å². The van der Waals surface area contributed by atoms with Gasteiger partial charge in [0.15, 0.2) is 5.11 Å². The lowest BCUT2D eigenvalue weighted by Crippen LogP contribution is -2.25. The van der Waals surface area contributed by atoms with Crippen LogP contribution in [0.5, 0.6) is 5.75 Å². The highest BCUT2D eigenvalue weighted by Crippen LogP contribution is 2.40. The van der Waals surface area contributed by atoms with Gasteiger partial charge in [0.05, 0.1) is 36.8 Å². The molecule has 31 heavy (non-hydrogen) atoms. The van der Waals surface area contributed by atoms with E-state index >= 15 is 0 Å². The van der Waals surface area contributed by atoms with Crippen molar-refractivity contribution in [1.29, 1.82) is 0 Å². The molecule has 0 aliphatic heterocycles. The van der Waals surface area contributed by atoms with Gasteiger partial charge in [-0.3, -0.25) is 5.43 Å². The minimum Gasteiger partial charge on any atom is -0.506 e. The monoisotopic (exact) mass is 513 g/mol. The van der Waals surface area contributed by atoms with Crippen molar-refractivity contribution < 1.29 is 15.0 Å². The molecule has 1 aromatic heterocycles. The Morgan fingerprint density at radius 2 is 1.81 bits per heavy atom. The first-order valence-corrected chi connectivity index (χ1v) is 11.0. The maximum absolute atomic E-state index is 11.0. The van der Waals surface area contributed by atoms with Crippen LogP contribution in [0.3, 0.4) is 0 Å². The molecule has 0 radical (unpaired) electrons. The first-order valence-electron chi connectivity index (χ1n) is 8.57. The van der Waals surface area contributed by atoms with Crippen LogP contribution in [-0.2, 0) is 0 Å². The lowest BCUT2D eigenvalue weighted by atomic mass is 10.1. The highest BCUT2D eigenvalue weighted by Gasteiger charge is 2.16. The summed E-state index contributed by atoms with van der Waals surface area (Å²) in [5.41, 5.74) is 4.95. The second-order valence-corrected chi connectivity index (χ2v) is 8.73. The van der Waals surface area contributed by atoms with Gasteiger partial charge < -0.3 is 15.5 Å². The normalized spacial score (nSPS) is 11.3. The van der Waals surface area contributed by atoms with E-state index in [0.29, 0.717) is 31.9 Å². The average Bonchev–Trinajstić information content (AvgIpc) is 3.09. The zero-order valence-corrected chi connectivity index (χ0v) is 19.6. The fraction of sp³-hybridized carbons (Fsp3) is 0.0500. The molecule has 160 valence electrons. The third-order valence-electron chi connectivity index (χ3n) is 4.12. The van der Waals surface area contributed by atoms with Gasteiger partial charge in [-0.2, -0.15) is 5.10 Å². The van der Waals surface area contributed by atoms with Crippen LogP contribution in [0.4, 0.5) is 5.69 Å². The van der Waals surface area contributed by atoms with E-state index in [0.717, 1.165) is 5.56 Å². The van der Waals surface area contributed by atoms with Crippen LogP contribution in [0.25, 0.3) is 10.4 Å². The SMILES string of the molecule is CC(=NNC(=S)Nc1ccc(C(=O)O)c(Cl)c1)c1csc(-c2ccc(Cl)c(Cl)c2)c1O. The van der Waals surface area contributed by atoms with Crippen molar-refractivity contribution in [1.82, 2.24) is 5.43 Å². The summed E-state index contributed by atoms with van der Waals surface area (Å²) in [4.78, 5) is 11.7. The van der Waals surface area contributed by atoms with Crippen molar-refractivity contribution in [3.63, 3.8) is 0 Å². The summed E-state index contributed by atoms with van der Waals surface area (Å²) in [6.07, 6.45) is 0. The third-order valence-corrected chi connectivity index (χ3v) is 6.38. The number of carboxylic acid groups (broad SMARTS) is 1. The molecule has 2 aromatic carbocycles. The molecule has 0 saturated heterocycles. The lowest BCUT2D eigenvalue weighted by Gasteiger charge is -2.09. The number of thiophene rings is 1. The third kappa shape index (κ3) is 5.47. The maximum atomic E-state index is 11.0. The number of thiocarbonyl (C=S) groups is 1. The van der Waals surface area contributed by atoms with Gasteiger partial charge in [-0.05, 0) is 55.0 Å². The predicted molar refractivity (Wildman–Crippen MR) is 131 cm³/mol. The summed E-state index contributed by atoms with van der Waals surface area (Å²) >= 11 is 24.5. The van der Waals surface area contributed by atoms with Gasteiger partial charge in [0.25, 0.3) is 0 Å². The Hall–Kier alpha value is -2.36. The Balaban J connectivity index is 1.71. The summed E-state index contributed by atoms with van der Waals surface area (Å²) in [5.74, 6) is -1.05. The molecule has 0 amide bonds. The molecule has 0 aliphatic rings. The zero-order valence-electron chi connectivity index (χ0n) is 15.7. The smallest absolute Gasteiger partial charge is 0.337 e. The summed E-state index contributed by atoms with van der Waals surface area (Å²) < 4.78 is 0. The van der Waals surface area contributed by atoms with Gasteiger partial charge in [0, 0.05) is 11.1 Å². The van der Waals surface area contributed by atoms with E-state index in [1.165, 1.54) is 29.5 Å². The first-order chi connectivity index (χ1) is 14.7. The van der Waals surface area contributed by atoms with Gasteiger partial charge in [0.2, 0.25) is 0 Å². The van der Waals surface area contributed by atoms with Gasteiger partial charge in [0.1, 0.15) is 5.75 Å². The molecule has 3 aromatic rings. The number of carbonyl (C=O) groups is 1. The Kier molecular flexibility index (Phi) is 7.40. The predicted octanol–water partition coefficient (Wildman–Crippen LogP) is 6.49. The van der Waals surface area contributed by atoms with Crippen LogP contribution >= 0.6 is 58.4 Å². The van der Waals surface area contributed by atoms with Crippen LogP contribution in [0.15, 0.2) is 46.9 Å². The number of hydrazone groups is 1. The highest BCUT2D eigenvalue weighted by molar-refractivity contribution is 7.80. The molecule has 1 heterocycles. The van der Waals surface area contributed by atoms with Gasteiger partial charge in [-0.25, -0.2) is 4.79 Å². The number of nitrogens with zero attached hydrogens (tertiary/aromatic N) is 1. The molecule has 11 heteroatoms. The van der Waals surface area contributed by atoms with Crippen LogP contribution < -0.4 is 10.7 Å². The molecule has 4 N–H and O–H groups in total. The summed E-state index contributed by atoms with van der Waals surface area (Å²) in [7, 11) is 0. The first kappa shape index (κ1) is 23.3. The highest BCUT2D eigenvalue weighted by atomic mass is 35.5. The topological polar surface area (TPSA) is 94.0 Å². The molecule has 3 rings (SSSR count). The number of carboxylic acids is 1. The Bertz CT molecular complexity index is 1210. The van der Waals surface area contributed by atoms with Crippen LogP contribution in [0.1, 0.15) is 22.8 Å². The number of rotatable bonds is 5. The van der Waals surface area contributed by atoms with Gasteiger partial charge in [-0.1, -0.05) is 40.9 Å².